The van der Waals surface area contributed by atoms with E-state index in [0.717, 1.165) is 38.8 Å². The van der Waals surface area contributed by atoms with Crippen LogP contribution in [0.2, 0.25) is 0 Å². The molecule has 1 amide bonds. The molecule has 1 aromatic carbocycles. The molecule has 25 heavy (non-hydrogen) atoms. The highest BCUT2D eigenvalue weighted by Gasteiger charge is 2.50. The highest BCUT2D eigenvalue weighted by molar-refractivity contribution is 7.89. The van der Waals surface area contributed by atoms with Gasteiger partial charge in [-0.1, -0.05) is 30.3 Å². The summed E-state index contributed by atoms with van der Waals surface area (Å²) in [6, 6.07) is 10.3. The highest BCUT2D eigenvalue weighted by Crippen LogP contribution is 2.41. The van der Waals surface area contributed by atoms with Gasteiger partial charge in [0.25, 0.3) is 0 Å². The van der Waals surface area contributed by atoms with Gasteiger partial charge < -0.3 is 4.90 Å². The number of carbonyl (C=O) groups excluding carboxylic acids is 1. The fourth-order valence-corrected chi connectivity index (χ4v) is 5.30. The molecule has 0 saturated carbocycles. The Morgan fingerprint density at radius 3 is 2.60 bits per heavy atom. The Labute approximate surface area is 151 Å². The topological polar surface area (TPSA) is 57.7 Å². The van der Waals surface area contributed by atoms with Crippen LogP contribution in [0.1, 0.15) is 38.2 Å². The van der Waals surface area contributed by atoms with Gasteiger partial charge >= 0.3 is 0 Å². The van der Waals surface area contributed by atoms with Crippen LogP contribution >= 0.6 is 0 Å². The van der Waals surface area contributed by atoms with Gasteiger partial charge in [0.1, 0.15) is 0 Å². The Bertz CT molecular complexity index is 705. The van der Waals surface area contributed by atoms with Crippen molar-refractivity contribution in [2.75, 3.05) is 31.9 Å². The van der Waals surface area contributed by atoms with Gasteiger partial charge in [0.2, 0.25) is 15.9 Å². The van der Waals surface area contributed by atoms with Gasteiger partial charge in [-0.05, 0) is 44.6 Å². The Hall–Kier alpha value is -1.40. The molecule has 0 bridgehead atoms. The molecule has 2 fully saturated rings. The van der Waals surface area contributed by atoms with Crippen LogP contribution in [-0.2, 0) is 21.2 Å². The average molecular weight is 365 g/mol. The molecular weight excluding hydrogens is 336 g/mol. The third-order valence-corrected chi connectivity index (χ3v) is 7.47. The molecule has 2 aliphatic heterocycles. The van der Waals surface area contributed by atoms with Crippen LogP contribution in [0, 0.1) is 5.41 Å². The zero-order valence-corrected chi connectivity index (χ0v) is 15.8. The molecule has 0 unspecified atom stereocenters. The second-order valence-electron chi connectivity index (χ2n) is 7.25. The van der Waals surface area contributed by atoms with Gasteiger partial charge in [0, 0.05) is 26.2 Å². The summed E-state index contributed by atoms with van der Waals surface area (Å²) in [6.45, 7) is 4.09. The van der Waals surface area contributed by atoms with Crippen molar-refractivity contribution in [3.63, 3.8) is 0 Å². The number of benzene rings is 1. The number of aryl methyl sites for hydroxylation is 1. The predicted octanol–water partition coefficient (Wildman–Crippen LogP) is 2.28. The van der Waals surface area contributed by atoms with E-state index in [2.05, 4.69) is 12.1 Å². The fraction of sp³-hybridized carbons (Fsp3) is 0.632. The molecule has 2 heterocycles. The first-order valence-corrected chi connectivity index (χ1v) is 10.9. The van der Waals surface area contributed by atoms with E-state index in [0.29, 0.717) is 19.5 Å². The van der Waals surface area contributed by atoms with Crippen molar-refractivity contribution in [2.24, 2.45) is 5.41 Å². The number of rotatable bonds is 6. The summed E-state index contributed by atoms with van der Waals surface area (Å²) in [6.07, 6.45) is 4.37. The number of carbonyl (C=O) groups is 1. The molecule has 5 nitrogen and oxygen atoms in total. The maximum Gasteiger partial charge on any atom is 0.230 e. The zero-order chi connectivity index (χ0) is 17.9. The first-order valence-electron chi connectivity index (χ1n) is 9.28. The summed E-state index contributed by atoms with van der Waals surface area (Å²) in [5.41, 5.74) is 0.815. The molecule has 138 valence electrons. The molecule has 0 aromatic heterocycles. The van der Waals surface area contributed by atoms with Crippen molar-refractivity contribution in [3.05, 3.63) is 35.9 Å². The van der Waals surface area contributed by atoms with Gasteiger partial charge in [0.05, 0.1) is 11.2 Å². The molecule has 1 atom stereocenters. The summed E-state index contributed by atoms with van der Waals surface area (Å²) >= 11 is 0. The number of hydrogen-bond acceptors (Lipinski definition) is 3. The van der Waals surface area contributed by atoms with E-state index >= 15 is 0 Å². The van der Waals surface area contributed by atoms with E-state index in [1.807, 2.05) is 23.1 Å². The summed E-state index contributed by atoms with van der Waals surface area (Å²) < 4.78 is 25.8. The minimum Gasteiger partial charge on any atom is -0.342 e. The third-order valence-electron chi connectivity index (χ3n) is 5.64. The molecule has 3 rings (SSSR count). The predicted molar refractivity (Wildman–Crippen MR) is 98.7 cm³/mol. The van der Waals surface area contributed by atoms with Gasteiger partial charge in [-0.15, -0.1) is 0 Å². The van der Waals surface area contributed by atoms with Crippen LogP contribution in [0.25, 0.3) is 0 Å². The van der Waals surface area contributed by atoms with Gasteiger partial charge in [-0.25, -0.2) is 12.7 Å². The lowest BCUT2D eigenvalue weighted by Gasteiger charge is -2.39. The largest absolute Gasteiger partial charge is 0.342 e. The normalized spacial score (nSPS) is 25.0. The van der Waals surface area contributed by atoms with Crippen LogP contribution < -0.4 is 0 Å². The van der Waals surface area contributed by atoms with Gasteiger partial charge in [-0.3, -0.25) is 4.79 Å². The SMILES string of the molecule is CCS(=O)(=O)N1CC[C@]2(CCCN(CCCc3ccccc3)C2=O)C1. The second-order valence-corrected chi connectivity index (χ2v) is 9.51. The molecule has 0 aliphatic carbocycles. The van der Waals surface area contributed by atoms with E-state index in [-0.39, 0.29) is 11.7 Å². The second kappa shape index (κ2) is 7.46. The zero-order valence-electron chi connectivity index (χ0n) is 15.0. The van der Waals surface area contributed by atoms with Crippen molar-refractivity contribution in [2.45, 2.75) is 39.0 Å². The summed E-state index contributed by atoms with van der Waals surface area (Å²) in [5, 5.41) is 0. The third kappa shape index (κ3) is 3.90. The number of nitrogens with zero attached hydrogens (tertiary/aromatic N) is 2. The van der Waals surface area contributed by atoms with Crippen LogP contribution in [0.4, 0.5) is 0 Å². The monoisotopic (exact) mass is 364 g/mol. The molecule has 6 heteroatoms. The van der Waals surface area contributed by atoms with Crippen LogP contribution in [0.5, 0.6) is 0 Å². The Kier molecular flexibility index (Phi) is 5.49. The lowest BCUT2D eigenvalue weighted by atomic mass is 9.78. The maximum atomic E-state index is 13.1. The molecule has 2 saturated heterocycles. The van der Waals surface area contributed by atoms with Crippen LogP contribution in [0.15, 0.2) is 30.3 Å². The number of likely N-dealkylation sites (tertiary alicyclic amines) is 1. The summed E-state index contributed by atoms with van der Waals surface area (Å²) in [4.78, 5) is 15.0. The lowest BCUT2D eigenvalue weighted by Crippen LogP contribution is -2.50. The first-order chi connectivity index (χ1) is 12.0. The van der Waals surface area contributed by atoms with E-state index in [9.17, 15) is 13.2 Å². The van der Waals surface area contributed by atoms with E-state index in [1.165, 1.54) is 9.87 Å². The standard InChI is InChI=1S/C19H28N2O3S/c1-2-25(23,24)21-15-12-19(16-21)11-7-14-20(18(19)22)13-6-10-17-8-4-3-5-9-17/h3-5,8-9H,2,6-7,10-16H2,1H3/t19-/m1/s1. The number of amides is 1. The van der Waals surface area contributed by atoms with E-state index in [4.69, 9.17) is 0 Å². The van der Waals surface area contributed by atoms with Crippen molar-refractivity contribution in [3.8, 4) is 0 Å². The number of piperidine rings is 1. The smallest absolute Gasteiger partial charge is 0.230 e. The summed E-state index contributed by atoms with van der Waals surface area (Å²) in [5.74, 6) is 0.276. The fourth-order valence-electron chi connectivity index (χ4n) is 4.12. The number of sulfonamides is 1. The quantitative estimate of drug-likeness (QED) is 0.778. The molecule has 1 spiro atoms. The van der Waals surface area contributed by atoms with E-state index < -0.39 is 15.4 Å². The highest BCUT2D eigenvalue weighted by atomic mass is 32.2. The molecular formula is C19H28N2O3S. The minimum absolute atomic E-state index is 0.109. The van der Waals surface area contributed by atoms with Crippen molar-refractivity contribution in [1.29, 1.82) is 0 Å². The minimum atomic E-state index is -3.20. The lowest BCUT2D eigenvalue weighted by molar-refractivity contribution is -0.145. The van der Waals surface area contributed by atoms with Crippen molar-refractivity contribution < 1.29 is 13.2 Å². The molecule has 2 aliphatic rings. The molecule has 1 aromatic rings. The molecule has 0 N–H and O–H groups in total. The first kappa shape index (κ1) is 18.4. The van der Waals surface area contributed by atoms with Crippen molar-refractivity contribution in [1.82, 2.24) is 9.21 Å². The average Bonchev–Trinajstić information content (AvgIpc) is 3.06. The number of hydrogen-bond donors (Lipinski definition) is 0. The van der Waals surface area contributed by atoms with Crippen LogP contribution in [0.3, 0.4) is 0 Å². The Balaban J connectivity index is 1.60. The van der Waals surface area contributed by atoms with Gasteiger partial charge in [-0.2, -0.15) is 0 Å². The van der Waals surface area contributed by atoms with Gasteiger partial charge in [0.15, 0.2) is 0 Å². The Morgan fingerprint density at radius 1 is 1.12 bits per heavy atom. The maximum absolute atomic E-state index is 13.1. The van der Waals surface area contributed by atoms with E-state index in [1.54, 1.807) is 6.92 Å². The summed E-state index contributed by atoms with van der Waals surface area (Å²) in [7, 11) is -3.20. The van der Waals surface area contributed by atoms with Crippen LogP contribution in [-0.4, -0.2) is 55.5 Å². The Morgan fingerprint density at radius 2 is 1.88 bits per heavy atom. The molecule has 0 radical (unpaired) electrons. The van der Waals surface area contributed by atoms with Crippen molar-refractivity contribution >= 4 is 15.9 Å².